The van der Waals surface area contributed by atoms with Gasteiger partial charge in [-0.05, 0) is 0 Å². The minimum absolute atomic E-state index is 0.184. The molecule has 0 heterocycles. The molecule has 0 spiro atoms. The van der Waals surface area contributed by atoms with Gasteiger partial charge < -0.3 is 16.6 Å². The van der Waals surface area contributed by atoms with Gasteiger partial charge in [-0.2, -0.15) is 0 Å². The summed E-state index contributed by atoms with van der Waals surface area (Å²) in [6, 6.07) is 0. The van der Waals surface area contributed by atoms with Crippen LogP contribution in [-0.4, -0.2) is 23.6 Å². The van der Waals surface area contributed by atoms with E-state index in [9.17, 15) is 4.79 Å². The number of carboxylic acids is 1. The molecule has 0 rings (SSSR count). The highest BCUT2D eigenvalue weighted by atomic mass is 16.4. The number of carbonyl (C=O) groups is 1. The molecule has 0 aliphatic carbocycles. The van der Waals surface area contributed by atoms with E-state index in [1.165, 1.54) is 0 Å². The van der Waals surface area contributed by atoms with Gasteiger partial charge in [-0.1, -0.05) is 0 Å². The van der Waals surface area contributed by atoms with E-state index in [0.717, 1.165) is 0 Å². The average molecular weight is 132 g/mol. The lowest BCUT2D eigenvalue weighted by Crippen LogP contribution is -2.28. The van der Waals surface area contributed by atoms with E-state index in [-0.39, 0.29) is 12.5 Å². The Kier molecular flexibility index (Phi) is 2.96. The second-order valence-corrected chi connectivity index (χ2v) is 1.27. The van der Waals surface area contributed by atoms with Crippen LogP contribution < -0.4 is 16.9 Å². The fraction of sp³-hybridized carbons (Fsp3) is 0.333. The molecule has 0 radical (unpaired) electrons. The monoisotopic (exact) mass is 132 g/mol. The number of hydrazone groups is 1. The van der Waals surface area contributed by atoms with Crippen molar-refractivity contribution in [1.82, 2.24) is 5.43 Å². The van der Waals surface area contributed by atoms with Crippen molar-refractivity contribution < 1.29 is 9.90 Å². The summed E-state index contributed by atoms with van der Waals surface area (Å²) in [6.07, 6.45) is 0. The molecule has 0 aromatic rings. The van der Waals surface area contributed by atoms with E-state index in [2.05, 4.69) is 10.5 Å². The first-order chi connectivity index (χ1) is 4.13. The van der Waals surface area contributed by atoms with Gasteiger partial charge in [0.2, 0.25) is 5.96 Å². The normalized spacial score (nSPS) is 8.00. The predicted octanol–water partition coefficient (Wildman–Crippen LogP) is -2.15. The summed E-state index contributed by atoms with van der Waals surface area (Å²) >= 11 is 0. The second-order valence-electron chi connectivity index (χ2n) is 1.27. The van der Waals surface area contributed by atoms with Crippen molar-refractivity contribution in [2.45, 2.75) is 0 Å². The second kappa shape index (κ2) is 3.53. The number of nitrogens with zero attached hydrogens (tertiary/aromatic N) is 1. The lowest BCUT2D eigenvalue weighted by atomic mass is 10.7. The summed E-state index contributed by atoms with van der Waals surface area (Å²) in [4.78, 5) is 9.77. The lowest BCUT2D eigenvalue weighted by molar-refractivity contribution is -0.135. The topological polar surface area (TPSA) is 114 Å². The van der Waals surface area contributed by atoms with Crippen LogP contribution in [0.4, 0.5) is 0 Å². The third-order valence-corrected chi connectivity index (χ3v) is 0.438. The minimum Gasteiger partial charge on any atom is -0.480 e. The number of nitrogens with two attached hydrogens (primary N) is 2. The summed E-state index contributed by atoms with van der Waals surface area (Å²) in [5, 5.41) is 11.2. The SMILES string of the molecule is NC(N)=NNCC(=O)O. The Labute approximate surface area is 51.5 Å². The van der Waals surface area contributed by atoms with Gasteiger partial charge in [-0.15, -0.1) is 5.10 Å². The molecular formula is C3H8N4O2. The van der Waals surface area contributed by atoms with Crippen molar-refractivity contribution in [1.29, 1.82) is 0 Å². The maximum absolute atomic E-state index is 9.77. The molecule has 0 aromatic carbocycles. The van der Waals surface area contributed by atoms with E-state index < -0.39 is 5.97 Å². The zero-order valence-electron chi connectivity index (χ0n) is 4.66. The van der Waals surface area contributed by atoms with Gasteiger partial charge in [0.05, 0.1) is 0 Å². The highest BCUT2D eigenvalue weighted by Gasteiger charge is 1.90. The highest BCUT2D eigenvalue weighted by molar-refractivity contribution is 5.75. The minimum atomic E-state index is -1.01. The number of nitrogens with one attached hydrogen (secondary N) is 1. The maximum Gasteiger partial charge on any atom is 0.324 e. The van der Waals surface area contributed by atoms with Gasteiger partial charge in [0.25, 0.3) is 0 Å². The smallest absolute Gasteiger partial charge is 0.324 e. The fourth-order valence-electron chi connectivity index (χ4n) is 0.198. The van der Waals surface area contributed by atoms with Crippen molar-refractivity contribution in [2.75, 3.05) is 6.54 Å². The molecule has 52 valence electrons. The maximum atomic E-state index is 9.77. The third-order valence-electron chi connectivity index (χ3n) is 0.438. The van der Waals surface area contributed by atoms with Crippen LogP contribution in [0, 0.1) is 0 Å². The summed E-state index contributed by atoms with van der Waals surface area (Å²) < 4.78 is 0. The molecule has 0 saturated heterocycles. The van der Waals surface area contributed by atoms with Crippen LogP contribution in [-0.2, 0) is 4.79 Å². The Bertz CT molecular complexity index is 128. The standard InChI is InChI=1S/C3H8N4O2/c4-3(5)7-6-1-2(8)9/h6H,1H2,(H,8,9)(H4,4,5,7). The van der Waals surface area contributed by atoms with Crippen molar-refractivity contribution >= 4 is 11.9 Å². The highest BCUT2D eigenvalue weighted by Crippen LogP contribution is 1.58. The first-order valence-electron chi connectivity index (χ1n) is 2.16. The van der Waals surface area contributed by atoms with Crippen molar-refractivity contribution in [3.8, 4) is 0 Å². The lowest BCUT2D eigenvalue weighted by Gasteiger charge is -1.92. The van der Waals surface area contributed by atoms with Crippen molar-refractivity contribution in [3.05, 3.63) is 0 Å². The Morgan fingerprint density at radius 3 is 2.56 bits per heavy atom. The van der Waals surface area contributed by atoms with Crippen molar-refractivity contribution in [2.24, 2.45) is 16.6 Å². The molecular weight excluding hydrogens is 124 g/mol. The summed E-state index contributed by atoms with van der Waals surface area (Å²) in [7, 11) is 0. The molecule has 6 heteroatoms. The van der Waals surface area contributed by atoms with Gasteiger partial charge in [0, 0.05) is 0 Å². The molecule has 0 atom stereocenters. The summed E-state index contributed by atoms with van der Waals surface area (Å²) in [6.45, 7) is -0.280. The summed E-state index contributed by atoms with van der Waals surface area (Å²) in [5.41, 5.74) is 11.8. The quantitative estimate of drug-likeness (QED) is 0.198. The molecule has 0 bridgehead atoms. The zero-order chi connectivity index (χ0) is 7.28. The molecule has 6 nitrogen and oxygen atoms in total. The van der Waals surface area contributed by atoms with Gasteiger partial charge in [0.15, 0.2) is 0 Å². The number of hydrogen-bond donors (Lipinski definition) is 4. The Hall–Kier alpha value is -1.46. The number of aliphatic carboxylic acids is 1. The molecule has 0 saturated carbocycles. The van der Waals surface area contributed by atoms with Gasteiger partial charge in [-0.3, -0.25) is 10.2 Å². The Morgan fingerprint density at radius 2 is 2.22 bits per heavy atom. The third kappa shape index (κ3) is 6.54. The van der Waals surface area contributed by atoms with Crippen LogP contribution in [0.3, 0.4) is 0 Å². The van der Waals surface area contributed by atoms with Crippen molar-refractivity contribution in [3.63, 3.8) is 0 Å². The largest absolute Gasteiger partial charge is 0.480 e. The van der Waals surface area contributed by atoms with Gasteiger partial charge in [0.1, 0.15) is 6.54 Å². The van der Waals surface area contributed by atoms with E-state index >= 15 is 0 Å². The van der Waals surface area contributed by atoms with E-state index in [0.29, 0.717) is 0 Å². The molecule has 0 aromatic heterocycles. The first kappa shape index (κ1) is 7.54. The van der Waals surface area contributed by atoms with Crippen LogP contribution in [0.2, 0.25) is 0 Å². The van der Waals surface area contributed by atoms with Gasteiger partial charge >= 0.3 is 5.97 Å². The van der Waals surface area contributed by atoms with E-state index in [1.54, 1.807) is 0 Å². The molecule has 0 unspecified atom stereocenters. The number of hydrogen-bond acceptors (Lipinski definition) is 3. The molecule has 6 N–H and O–H groups in total. The predicted molar refractivity (Wildman–Crippen MR) is 31.4 cm³/mol. The van der Waals surface area contributed by atoms with Crippen LogP contribution in [0.5, 0.6) is 0 Å². The molecule has 0 aliphatic heterocycles. The number of rotatable bonds is 3. The number of guanidine groups is 1. The van der Waals surface area contributed by atoms with Crippen LogP contribution in [0.15, 0.2) is 5.10 Å². The Morgan fingerprint density at radius 1 is 1.67 bits per heavy atom. The number of carboxylic acid groups (broad SMARTS) is 1. The summed E-state index contributed by atoms with van der Waals surface area (Å²) in [5.74, 6) is -1.20. The van der Waals surface area contributed by atoms with Crippen LogP contribution in [0.1, 0.15) is 0 Å². The average Bonchev–Trinajstić information content (AvgIpc) is 1.63. The van der Waals surface area contributed by atoms with Crippen LogP contribution in [0.25, 0.3) is 0 Å². The van der Waals surface area contributed by atoms with Crippen LogP contribution >= 0.6 is 0 Å². The van der Waals surface area contributed by atoms with Gasteiger partial charge in [-0.25, -0.2) is 0 Å². The molecule has 0 amide bonds. The Balaban J connectivity index is 3.31. The first-order valence-corrected chi connectivity index (χ1v) is 2.16. The van der Waals surface area contributed by atoms with E-state index in [4.69, 9.17) is 16.6 Å². The fourth-order valence-corrected chi connectivity index (χ4v) is 0.198. The molecule has 0 aliphatic rings. The zero-order valence-corrected chi connectivity index (χ0v) is 4.66. The molecule has 0 fully saturated rings. The van der Waals surface area contributed by atoms with E-state index in [1.807, 2.05) is 0 Å². The molecule has 9 heavy (non-hydrogen) atoms.